The summed E-state index contributed by atoms with van der Waals surface area (Å²) in [6, 6.07) is 12.3. The molecule has 3 heterocycles. The molecule has 0 unspecified atom stereocenters. The number of fused-ring (bicyclic) bond motifs is 2. The van der Waals surface area contributed by atoms with Gasteiger partial charge in [0.2, 0.25) is 0 Å². The molecular formula is C27H26N2O6S. The van der Waals surface area contributed by atoms with Crippen LogP contribution < -0.4 is 29.1 Å². The predicted molar refractivity (Wildman–Crippen MR) is 135 cm³/mol. The molecule has 9 heteroatoms. The summed E-state index contributed by atoms with van der Waals surface area (Å²) >= 11 is 1.28. The summed E-state index contributed by atoms with van der Waals surface area (Å²) in [5, 5.41) is 0. The first kappa shape index (κ1) is 23.9. The summed E-state index contributed by atoms with van der Waals surface area (Å²) < 4.78 is 24.3. The number of carbonyl (C=O) groups is 1. The highest BCUT2D eigenvalue weighted by molar-refractivity contribution is 7.07. The van der Waals surface area contributed by atoms with Crippen LogP contribution in [0.15, 0.2) is 63.5 Å². The summed E-state index contributed by atoms with van der Waals surface area (Å²) in [5.74, 6) is 1.56. The van der Waals surface area contributed by atoms with Gasteiger partial charge in [-0.05, 0) is 62.2 Å². The van der Waals surface area contributed by atoms with Gasteiger partial charge in [-0.15, -0.1) is 0 Å². The first-order valence-corrected chi connectivity index (χ1v) is 12.6. The van der Waals surface area contributed by atoms with E-state index in [2.05, 4.69) is 4.99 Å². The fourth-order valence-corrected chi connectivity index (χ4v) is 5.37. The summed E-state index contributed by atoms with van der Waals surface area (Å²) in [6.45, 7) is 7.20. The molecule has 0 radical (unpaired) electrons. The van der Waals surface area contributed by atoms with E-state index in [1.165, 1.54) is 11.3 Å². The molecule has 2 aromatic carbocycles. The number of allylic oxidation sites excluding steroid dienone is 1. The quantitative estimate of drug-likeness (QED) is 0.478. The first-order chi connectivity index (χ1) is 17.5. The number of aromatic nitrogens is 1. The molecule has 186 valence electrons. The second kappa shape index (κ2) is 10.0. The second-order valence-electron chi connectivity index (χ2n) is 8.21. The highest BCUT2D eigenvalue weighted by atomic mass is 32.1. The third-order valence-corrected chi connectivity index (χ3v) is 6.87. The van der Waals surface area contributed by atoms with E-state index in [0.717, 1.165) is 11.1 Å². The lowest BCUT2D eigenvalue weighted by atomic mass is 9.96. The third kappa shape index (κ3) is 4.42. The summed E-state index contributed by atoms with van der Waals surface area (Å²) in [6.07, 6.45) is 1.81. The van der Waals surface area contributed by atoms with Crippen molar-refractivity contribution in [3.8, 4) is 17.2 Å². The van der Waals surface area contributed by atoms with Crippen LogP contribution in [0.2, 0.25) is 0 Å². The molecule has 2 aliphatic rings. The zero-order valence-corrected chi connectivity index (χ0v) is 21.1. The van der Waals surface area contributed by atoms with E-state index in [-0.39, 0.29) is 12.2 Å². The monoisotopic (exact) mass is 506 g/mol. The topological polar surface area (TPSA) is 88.4 Å². The summed E-state index contributed by atoms with van der Waals surface area (Å²) in [4.78, 5) is 31.9. The predicted octanol–water partition coefficient (Wildman–Crippen LogP) is 2.97. The molecular weight excluding hydrogens is 480 g/mol. The second-order valence-corrected chi connectivity index (χ2v) is 9.22. The Kier molecular flexibility index (Phi) is 6.65. The largest absolute Gasteiger partial charge is 0.494 e. The Hall–Kier alpha value is -3.85. The minimum atomic E-state index is -0.668. The van der Waals surface area contributed by atoms with E-state index >= 15 is 0 Å². The minimum Gasteiger partial charge on any atom is -0.494 e. The number of hydrogen-bond acceptors (Lipinski definition) is 8. The van der Waals surface area contributed by atoms with Crippen LogP contribution in [0.5, 0.6) is 17.2 Å². The lowest BCUT2D eigenvalue weighted by molar-refractivity contribution is -0.139. The van der Waals surface area contributed by atoms with Gasteiger partial charge in [0.05, 0.1) is 35.1 Å². The van der Waals surface area contributed by atoms with Gasteiger partial charge >= 0.3 is 5.97 Å². The standard InChI is InChI=1S/C27H26N2O6S/c1-4-32-19-9-7-18(8-10-19)24-23(26(31)33-5-2)16(3)28-27-29(24)25(30)22(36-27)15-17-6-11-20-21(14-17)35-13-12-34-20/h6-11,14-15,24H,4-5,12-13H2,1-3H3/b22-15-/t24-/m0/s1. The Labute approximate surface area is 211 Å². The SMILES string of the molecule is CCOC(=O)C1=C(C)N=c2s/c(=C\c3ccc4c(c3)OCCO4)c(=O)n2[C@H]1c1ccc(OCC)cc1. The molecule has 36 heavy (non-hydrogen) atoms. The van der Waals surface area contributed by atoms with Crippen molar-refractivity contribution in [3.05, 3.63) is 84.5 Å². The van der Waals surface area contributed by atoms with Crippen LogP contribution in [0, 0.1) is 0 Å². The average molecular weight is 507 g/mol. The Morgan fingerprint density at radius 3 is 2.58 bits per heavy atom. The van der Waals surface area contributed by atoms with Crippen LogP contribution in [0.25, 0.3) is 6.08 Å². The zero-order chi connectivity index (χ0) is 25.2. The van der Waals surface area contributed by atoms with E-state index < -0.39 is 12.0 Å². The number of hydrogen-bond donors (Lipinski definition) is 0. The molecule has 8 nitrogen and oxygen atoms in total. The van der Waals surface area contributed by atoms with Crippen molar-refractivity contribution in [3.63, 3.8) is 0 Å². The minimum absolute atomic E-state index is 0.222. The van der Waals surface area contributed by atoms with Gasteiger partial charge in [-0.1, -0.05) is 29.5 Å². The Morgan fingerprint density at radius 1 is 1.11 bits per heavy atom. The van der Waals surface area contributed by atoms with E-state index in [1.54, 1.807) is 24.5 Å². The molecule has 0 N–H and O–H groups in total. The first-order valence-electron chi connectivity index (χ1n) is 11.8. The maximum atomic E-state index is 13.7. The van der Waals surface area contributed by atoms with Crippen LogP contribution in [0.3, 0.4) is 0 Å². The van der Waals surface area contributed by atoms with Crippen molar-refractivity contribution in [1.82, 2.24) is 4.57 Å². The molecule has 2 aliphatic heterocycles. The molecule has 0 fully saturated rings. The zero-order valence-electron chi connectivity index (χ0n) is 20.3. The molecule has 0 amide bonds. The van der Waals surface area contributed by atoms with E-state index in [0.29, 0.717) is 57.7 Å². The molecule has 0 saturated heterocycles. The lowest BCUT2D eigenvalue weighted by Crippen LogP contribution is -2.39. The van der Waals surface area contributed by atoms with Gasteiger partial charge in [0.15, 0.2) is 16.3 Å². The van der Waals surface area contributed by atoms with Gasteiger partial charge < -0.3 is 18.9 Å². The Morgan fingerprint density at radius 2 is 1.86 bits per heavy atom. The molecule has 3 aromatic rings. The average Bonchev–Trinajstić information content (AvgIpc) is 3.18. The number of thiazole rings is 1. The number of esters is 1. The molecule has 0 saturated carbocycles. The van der Waals surface area contributed by atoms with Gasteiger partial charge in [-0.2, -0.15) is 0 Å². The van der Waals surface area contributed by atoms with Crippen molar-refractivity contribution in [2.45, 2.75) is 26.8 Å². The van der Waals surface area contributed by atoms with E-state index in [1.807, 2.05) is 49.4 Å². The van der Waals surface area contributed by atoms with Crippen molar-refractivity contribution < 1.29 is 23.7 Å². The molecule has 0 spiro atoms. The van der Waals surface area contributed by atoms with Crippen LogP contribution in [-0.4, -0.2) is 37.0 Å². The Balaban J connectivity index is 1.65. The maximum absolute atomic E-state index is 13.7. The van der Waals surface area contributed by atoms with E-state index in [4.69, 9.17) is 18.9 Å². The van der Waals surface area contributed by atoms with Crippen molar-refractivity contribution >= 4 is 23.4 Å². The lowest BCUT2D eigenvalue weighted by Gasteiger charge is -2.24. The van der Waals surface area contributed by atoms with Gasteiger partial charge in [0, 0.05) is 0 Å². The number of nitrogens with zero attached hydrogens (tertiary/aromatic N) is 2. The van der Waals surface area contributed by atoms with Gasteiger partial charge in [0.1, 0.15) is 19.0 Å². The van der Waals surface area contributed by atoms with Crippen molar-refractivity contribution in [2.75, 3.05) is 26.4 Å². The smallest absolute Gasteiger partial charge is 0.338 e. The van der Waals surface area contributed by atoms with Gasteiger partial charge in [0.25, 0.3) is 5.56 Å². The molecule has 1 aromatic heterocycles. The molecule has 0 aliphatic carbocycles. The summed E-state index contributed by atoms with van der Waals surface area (Å²) in [7, 11) is 0. The van der Waals surface area contributed by atoms with Crippen LogP contribution in [0.1, 0.15) is 37.9 Å². The molecule has 1 atom stereocenters. The third-order valence-electron chi connectivity index (χ3n) is 5.89. The fraction of sp³-hybridized carbons (Fsp3) is 0.296. The van der Waals surface area contributed by atoms with Crippen LogP contribution in [0.4, 0.5) is 0 Å². The van der Waals surface area contributed by atoms with Crippen LogP contribution in [-0.2, 0) is 9.53 Å². The van der Waals surface area contributed by atoms with Gasteiger partial charge in [-0.3, -0.25) is 9.36 Å². The number of carbonyl (C=O) groups excluding carboxylic acids is 1. The maximum Gasteiger partial charge on any atom is 0.338 e. The highest BCUT2D eigenvalue weighted by Gasteiger charge is 2.33. The number of benzene rings is 2. The van der Waals surface area contributed by atoms with Crippen molar-refractivity contribution in [1.29, 1.82) is 0 Å². The number of ether oxygens (including phenoxy) is 4. The van der Waals surface area contributed by atoms with E-state index in [9.17, 15) is 9.59 Å². The number of rotatable bonds is 6. The van der Waals surface area contributed by atoms with Gasteiger partial charge in [-0.25, -0.2) is 9.79 Å². The molecule has 0 bridgehead atoms. The highest BCUT2D eigenvalue weighted by Crippen LogP contribution is 2.32. The molecule has 5 rings (SSSR count). The van der Waals surface area contributed by atoms with Crippen LogP contribution >= 0.6 is 11.3 Å². The fourth-order valence-electron chi connectivity index (χ4n) is 4.32. The van der Waals surface area contributed by atoms with Crippen molar-refractivity contribution in [2.24, 2.45) is 4.99 Å². The summed E-state index contributed by atoms with van der Waals surface area (Å²) in [5.41, 5.74) is 2.21. The normalized spacial score (nSPS) is 16.9. The Bertz CT molecular complexity index is 1520.